The minimum atomic E-state index is -0.989. The van der Waals surface area contributed by atoms with Crippen LogP contribution in [0.3, 0.4) is 0 Å². The van der Waals surface area contributed by atoms with E-state index in [0.717, 1.165) is 11.3 Å². The van der Waals surface area contributed by atoms with Crippen molar-refractivity contribution in [2.24, 2.45) is 0 Å². The van der Waals surface area contributed by atoms with E-state index in [2.05, 4.69) is 10.6 Å². The summed E-state index contributed by atoms with van der Waals surface area (Å²) in [6, 6.07) is 10.9. The second kappa shape index (κ2) is 5.10. The SMILES string of the molecule is O=C(O)c1ccc(NC2C(=O)Nc3ccc(Cl)cc32)cc1. The number of amides is 1. The molecular weight excluding hydrogens is 292 g/mol. The van der Waals surface area contributed by atoms with Crippen LogP contribution in [0.2, 0.25) is 5.02 Å². The van der Waals surface area contributed by atoms with E-state index in [1.165, 1.54) is 12.1 Å². The van der Waals surface area contributed by atoms with E-state index in [4.69, 9.17) is 16.7 Å². The lowest BCUT2D eigenvalue weighted by Gasteiger charge is -2.13. The molecule has 106 valence electrons. The molecule has 0 aliphatic carbocycles. The van der Waals surface area contributed by atoms with Crippen molar-refractivity contribution in [2.75, 3.05) is 10.6 Å². The maximum Gasteiger partial charge on any atom is 0.335 e. The molecule has 3 N–H and O–H groups in total. The highest BCUT2D eigenvalue weighted by atomic mass is 35.5. The number of fused-ring (bicyclic) bond motifs is 1. The number of rotatable bonds is 3. The Bertz CT molecular complexity index is 728. The monoisotopic (exact) mass is 302 g/mol. The number of carbonyl (C=O) groups excluding carboxylic acids is 1. The molecule has 0 saturated heterocycles. The van der Waals surface area contributed by atoms with Gasteiger partial charge in [-0.05, 0) is 42.5 Å². The van der Waals surface area contributed by atoms with E-state index >= 15 is 0 Å². The first kappa shape index (κ1) is 13.5. The van der Waals surface area contributed by atoms with Gasteiger partial charge in [-0.1, -0.05) is 11.6 Å². The minimum Gasteiger partial charge on any atom is -0.478 e. The Morgan fingerprint density at radius 3 is 2.57 bits per heavy atom. The molecule has 1 aliphatic heterocycles. The Kier molecular flexibility index (Phi) is 3.27. The Balaban J connectivity index is 1.87. The summed E-state index contributed by atoms with van der Waals surface area (Å²) in [5, 5.41) is 15.3. The standard InChI is InChI=1S/C15H11ClN2O3/c16-9-3-6-12-11(7-9)13(14(19)18-12)17-10-4-1-8(2-5-10)15(20)21/h1-7,13,17H,(H,18,19)(H,20,21). The van der Waals surface area contributed by atoms with Crippen LogP contribution in [0, 0.1) is 0 Å². The van der Waals surface area contributed by atoms with Crippen LogP contribution < -0.4 is 10.6 Å². The van der Waals surface area contributed by atoms with Gasteiger partial charge >= 0.3 is 5.97 Å². The van der Waals surface area contributed by atoms with Gasteiger partial charge in [0.25, 0.3) is 5.91 Å². The molecule has 0 fully saturated rings. The van der Waals surface area contributed by atoms with Crippen molar-refractivity contribution in [3.05, 3.63) is 58.6 Å². The fourth-order valence-corrected chi connectivity index (χ4v) is 2.43. The van der Waals surface area contributed by atoms with Crippen LogP contribution in [0.4, 0.5) is 11.4 Å². The Morgan fingerprint density at radius 1 is 1.19 bits per heavy atom. The first-order chi connectivity index (χ1) is 10.0. The number of hydrogen-bond acceptors (Lipinski definition) is 3. The molecule has 2 aromatic carbocycles. The second-order valence-corrected chi connectivity index (χ2v) is 5.12. The number of anilines is 2. The zero-order valence-corrected chi connectivity index (χ0v) is 11.5. The number of carboxylic acids is 1. The molecule has 0 saturated carbocycles. The van der Waals surface area contributed by atoms with E-state index in [1.807, 2.05) is 0 Å². The average Bonchev–Trinajstić information content (AvgIpc) is 2.76. The molecule has 1 amide bonds. The largest absolute Gasteiger partial charge is 0.478 e. The normalized spacial score (nSPS) is 16.2. The highest BCUT2D eigenvalue weighted by Crippen LogP contribution is 2.35. The molecule has 21 heavy (non-hydrogen) atoms. The van der Waals surface area contributed by atoms with Gasteiger partial charge in [-0.15, -0.1) is 0 Å². The molecule has 1 aliphatic rings. The number of benzene rings is 2. The van der Waals surface area contributed by atoms with Crippen molar-refractivity contribution in [3.63, 3.8) is 0 Å². The highest BCUT2D eigenvalue weighted by Gasteiger charge is 2.30. The molecule has 0 spiro atoms. The van der Waals surface area contributed by atoms with E-state index in [-0.39, 0.29) is 11.5 Å². The molecule has 0 radical (unpaired) electrons. The summed E-state index contributed by atoms with van der Waals surface area (Å²) in [6.07, 6.45) is 0. The first-order valence-corrected chi connectivity index (χ1v) is 6.62. The van der Waals surface area contributed by atoms with Crippen LogP contribution in [0.1, 0.15) is 22.0 Å². The molecule has 1 atom stereocenters. The third-order valence-corrected chi connectivity index (χ3v) is 3.52. The highest BCUT2D eigenvalue weighted by molar-refractivity contribution is 6.31. The van der Waals surface area contributed by atoms with Crippen LogP contribution in [0.15, 0.2) is 42.5 Å². The molecule has 6 heteroatoms. The van der Waals surface area contributed by atoms with Crippen LogP contribution in [0.25, 0.3) is 0 Å². The third kappa shape index (κ3) is 2.55. The molecule has 2 aromatic rings. The van der Waals surface area contributed by atoms with Gasteiger partial charge in [0.15, 0.2) is 0 Å². The van der Waals surface area contributed by atoms with Crippen molar-refractivity contribution >= 4 is 34.9 Å². The minimum absolute atomic E-state index is 0.172. The number of aromatic carboxylic acids is 1. The smallest absolute Gasteiger partial charge is 0.335 e. The number of nitrogens with one attached hydrogen (secondary N) is 2. The number of carbonyl (C=O) groups is 2. The topological polar surface area (TPSA) is 78.4 Å². The number of halogens is 1. The zero-order valence-electron chi connectivity index (χ0n) is 10.8. The van der Waals surface area contributed by atoms with Crippen LogP contribution in [-0.2, 0) is 4.79 Å². The lowest BCUT2D eigenvalue weighted by molar-refractivity contribution is -0.116. The number of hydrogen-bond donors (Lipinski definition) is 3. The summed E-state index contributed by atoms with van der Waals surface area (Å²) in [4.78, 5) is 22.8. The molecular formula is C15H11ClN2O3. The predicted molar refractivity (Wildman–Crippen MR) is 79.8 cm³/mol. The summed E-state index contributed by atoms with van der Waals surface area (Å²) in [7, 11) is 0. The Hall–Kier alpha value is -2.53. The van der Waals surface area contributed by atoms with E-state index in [9.17, 15) is 9.59 Å². The van der Waals surface area contributed by atoms with Gasteiger partial charge in [-0.2, -0.15) is 0 Å². The maximum atomic E-state index is 12.0. The molecule has 1 unspecified atom stereocenters. The van der Waals surface area contributed by atoms with Gasteiger partial charge in [0.2, 0.25) is 0 Å². The summed E-state index contributed by atoms with van der Waals surface area (Å²) in [5.41, 5.74) is 2.35. The van der Waals surface area contributed by atoms with E-state index < -0.39 is 12.0 Å². The predicted octanol–water partition coefficient (Wildman–Crippen LogP) is 3.14. The summed E-state index contributed by atoms with van der Waals surface area (Å²) < 4.78 is 0. The van der Waals surface area contributed by atoms with Gasteiger partial charge in [0, 0.05) is 22.0 Å². The van der Waals surface area contributed by atoms with Crippen LogP contribution >= 0.6 is 11.6 Å². The average molecular weight is 303 g/mol. The fourth-order valence-electron chi connectivity index (χ4n) is 2.25. The van der Waals surface area contributed by atoms with Crippen LogP contribution in [0.5, 0.6) is 0 Å². The number of carboxylic acid groups (broad SMARTS) is 1. The second-order valence-electron chi connectivity index (χ2n) is 4.68. The lowest BCUT2D eigenvalue weighted by atomic mass is 10.1. The van der Waals surface area contributed by atoms with Crippen molar-refractivity contribution in [1.29, 1.82) is 0 Å². The van der Waals surface area contributed by atoms with Gasteiger partial charge < -0.3 is 15.7 Å². The summed E-state index contributed by atoms with van der Waals surface area (Å²) >= 11 is 5.96. The zero-order chi connectivity index (χ0) is 15.0. The van der Waals surface area contributed by atoms with Crippen LogP contribution in [-0.4, -0.2) is 17.0 Å². The van der Waals surface area contributed by atoms with Crippen molar-refractivity contribution in [2.45, 2.75) is 6.04 Å². The van der Waals surface area contributed by atoms with Crippen molar-refractivity contribution in [3.8, 4) is 0 Å². The lowest BCUT2D eigenvalue weighted by Crippen LogP contribution is -2.19. The third-order valence-electron chi connectivity index (χ3n) is 3.29. The van der Waals surface area contributed by atoms with Gasteiger partial charge in [0.05, 0.1) is 5.56 Å². The van der Waals surface area contributed by atoms with Crippen molar-refractivity contribution < 1.29 is 14.7 Å². The van der Waals surface area contributed by atoms with E-state index in [1.54, 1.807) is 30.3 Å². The van der Waals surface area contributed by atoms with Gasteiger partial charge in [0.1, 0.15) is 6.04 Å². The molecule has 3 rings (SSSR count). The van der Waals surface area contributed by atoms with Gasteiger partial charge in [-0.25, -0.2) is 4.79 Å². The fraction of sp³-hybridized carbons (Fsp3) is 0.0667. The quantitative estimate of drug-likeness (QED) is 0.814. The Labute approximate surface area is 125 Å². The molecule has 0 aromatic heterocycles. The maximum absolute atomic E-state index is 12.0. The summed E-state index contributed by atoms with van der Waals surface area (Å²) in [5.74, 6) is -1.16. The van der Waals surface area contributed by atoms with Gasteiger partial charge in [-0.3, -0.25) is 4.79 Å². The summed E-state index contributed by atoms with van der Waals surface area (Å²) in [6.45, 7) is 0. The van der Waals surface area contributed by atoms with Crippen molar-refractivity contribution in [1.82, 2.24) is 0 Å². The molecule has 0 bridgehead atoms. The Morgan fingerprint density at radius 2 is 1.90 bits per heavy atom. The molecule has 5 nitrogen and oxygen atoms in total. The first-order valence-electron chi connectivity index (χ1n) is 6.25. The molecule has 1 heterocycles. The van der Waals surface area contributed by atoms with E-state index in [0.29, 0.717) is 10.7 Å².